The molecule has 0 heterocycles. The van der Waals surface area contributed by atoms with Crippen LogP contribution in [-0.2, 0) is 9.53 Å². The molecule has 0 aromatic rings. The van der Waals surface area contributed by atoms with Gasteiger partial charge in [0.2, 0.25) is 0 Å². The van der Waals surface area contributed by atoms with Gasteiger partial charge in [-0.1, -0.05) is 132 Å². The first-order valence-electron chi connectivity index (χ1n) is 14.7. The molecule has 0 radical (unpaired) electrons. The quantitative estimate of drug-likeness (QED) is 0.0731. The number of carbonyl (C=O) groups is 1. The summed E-state index contributed by atoms with van der Waals surface area (Å²) in [5, 5.41) is 0. The molecular weight excluding hydrogens is 428 g/mol. The lowest BCUT2D eigenvalue weighted by Gasteiger charge is -2.05. The molecule has 0 aliphatic carbocycles. The molecule has 2 nitrogen and oxygen atoms in total. The van der Waals surface area contributed by atoms with Gasteiger partial charge in [-0.2, -0.15) is 0 Å². The lowest BCUT2D eigenvalue weighted by atomic mass is 10.1. The van der Waals surface area contributed by atoms with Crippen LogP contribution in [0.25, 0.3) is 0 Å². The van der Waals surface area contributed by atoms with E-state index in [1.165, 1.54) is 51.4 Å². The fourth-order valence-corrected chi connectivity index (χ4v) is 3.75. The van der Waals surface area contributed by atoms with Crippen molar-refractivity contribution in [1.82, 2.24) is 0 Å². The molecule has 2 heteroatoms. The highest BCUT2D eigenvalue weighted by atomic mass is 16.5. The van der Waals surface area contributed by atoms with Gasteiger partial charge in [0.15, 0.2) is 0 Å². The van der Waals surface area contributed by atoms with Crippen molar-refractivity contribution in [3.05, 3.63) is 60.8 Å². The van der Waals surface area contributed by atoms with E-state index in [1.807, 2.05) is 0 Å². The Labute approximate surface area is 218 Å². The van der Waals surface area contributed by atoms with Crippen molar-refractivity contribution < 1.29 is 9.53 Å². The second-order valence-corrected chi connectivity index (χ2v) is 9.36. The molecule has 0 aromatic heterocycles. The van der Waals surface area contributed by atoms with Gasteiger partial charge in [-0.3, -0.25) is 4.79 Å². The average Bonchev–Trinajstić information content (AvgIpc) is 2.86. The number of esters is 1. The van der Waals surface area contributed by atoms with Gasteiger partial charge in [0.05, 0.1) is 6.61 Å². The Morgan fingerprint density at radius 3 is 1.51 bits per heavy atom. The second kappa shape index (κ2) is 30.2. The average molecular weight is 485 g/mol. The van der Waals surface area contributed by atoms with Gasteiger partial charge in [-0.15, -0.1) is 0 Å². The zero-order chi connectivity index (χ0) is 25.5. The van der Waals surface area contributed by atoms with Crippen LogP contribution in [0.2, 0.25) is 0 Å². The second-order valence-electron chi connectivity index (χ2n) is 9.36. The Morgan fingerprint density at radius 1 is 0.514 bits per heavy atom. The third-order valence-electron chi connectivity index (χ3n) is 5.92. The van der Waals surface area contributed by atoms with Crippen molar-refractivity contribution in [2.24, 2.45) is 0 Å². The van der Waals surface area contributed by atoms with Gasteiger partial charge in [0, 0.05) is 6.42 Å². The molecule has 0 saturated heterocycles. The van der Waals surface area contributed by atoms with Crippen LogP contribution in [-0.4, -0.2) is 12.6 Å². The molecule has 0 aromatic carbocycles. The molecule has 0 spiro atoms. The molecular formula is C33H56O2. The van der Waals surface area contributed by atoms with E-state index in [0.29, 0.717) is 13.0 Å². The Bertz CT molecular complexity index is 580. The van der Waals surface area contributed by atoms with Crippen molar-refractivity contribution in [3.63, 3.8) is 0 Å². The molecule has 200 valence electrons. The minimum atomic E-state index is -0.0144. The Balaban J connectivity index is 3.39. The SMILES string of the molecule is CC/C=C\C/C=C\C/C=C\C/C=C\C/C=C\CCCCCC(=O)OCCCCCCCCCCC. The van der Waals surface area contributed by atoms with E-state index in [2.05, 4.69) is 74.6 Å². The zero-order valence-corrected chi connectivity index (χ0v) is 23.2. The van der Waals surface area contributed by atoms with Crippen LogP contribution in [0.5, 0.6) is 0 Å². The summed E-state index contributed by atoms with van der Waals surface area (Å²) in [6, 6.07) is 0. The zero-order valence-electron chi connectivity index (χ0n) is 23.2. The molecule has 0 rings (SSSR count). The van der Waals surface area contributed by atoms with E-state index in [1.54, 1.807) is 0 Å². The lowest BCUT2D eigenvalue weighted by Crippen LogP contribution is -2.05. The van der Waals surface area contributed by atoms with E-state index in [9.17, 15) is 4.79 Å². The summed E-state index contributed by atoms with van der Waals surface area (Å²) in [6.45, 7) is 5.03. The third kappa shape index (κ3) is 30.1. The van der Waals surface area contributed by atoms with Crippen LogP contribution in [0, 0.1) is 0 Å². The molecule has 0 saturated carbocycles. The van der Waals surface area contributed by atoms with Crippen molar-refractivity contribution >= 4 is 5.97 Å². The van der Waals surface area contributed by atoms with E-state index in [-0.39, 0.29) is 5.97 Å². The fraction of sp³-hybridized carbons (Fsp3) is 0.667. The maximum absolute atomic E-state index is 11.8. The smallest absolute Gasteiger partial charge is 0.305 e. The summed E-state index contributed by atoms with van der Waals surface area (Å²) in [6.07, 6.45) is 44.0. The van der Waals surface area contributed by atoms with Crippen molar-refractivity contribution in [2.45, 2.75) is 136 Å². The number of allylic oxidation sites excluding steroid dienone is 10. The van der Waals surface area contributed by atoms with Gasteiger partial charge in [-0.25, -0.2) is 0 Å². The maximum Gasteiger partial charge on any atom is 0.305 e. The molecule has 35 heavy (non-hydrogen) atoms. The number of rotatable bonds is 25. The normalized spacial score (nSPS) is 12.4. The molecule has 0 aliphatic rings. The van der Waals surface area contributed by atoms with Crippen molar-refractivity contribution in [3.8, 4) is 0 Å². The van der Waals surface area contributed by atoms with Crippen molar-refractivity contribution in [1.29, 1.82) is 0 Å². The molecule has 0 fully saturated rings. The highest BCUT2D eigenvalue weighted by molar-refractivity contribution is 5.69. The largest absolute Gasteiger partial charge is 0.466 e. The van der Waals surface area contributed by atoms with Crippen LogP contribution in [0.3, 0.4) is 0 Å². The number of carbonyl (C=O) groups excluding carboxylic acids is 1. The maximum atomic E-state index is 11.8. The molecule has 0 atom stereocenters. The molecule has 0 aliphatic heterocycles. The number of hydrogen-bond acceptors (Lipinski definition) is 2. The molecule has 0 amide bonds. The standard InChI is InChI=1S/C33H56O2/c1-3-5-7-9-11-13-14-15-16-17-18-19-20-21-22-23-25-27-29-31-33(34)35-32-30-28-26-24-12-10-8-6-4-2/h5,7,11,13,15-16,18-19,21-22H,3-4,6,8-10,12,14,17,20,23-32H2,1-2H3/b7-5-,13-11-,16-15-,19-18-,22-21-. The molecule has 0 unspecified atom stereocenters. The summed E-state index contributed by atoms with van der Waals surface area (Å²) in [5.41, 5.74) is 0. The predicted octanol–water partition coefficient (Wildman–Crippen LogP) is 10.8. The fourth-order valence-electron chi connectivity index (χ4n) is 3.75. The summed E-state index contributed by atoms with van der Waals surface area (Å²) in [4.78, 5) is 11.8. The first-order valence-corrected chi connectivity index (χ1v) is 14.7. The van der Waals surface area contributed by atoms with Gasteiger partial charge in [-0.05, 0) is 57.8 Å². The third-order valence-corrected chi connectivity index (χ3v) is 5.92. The van der Waals surface area contributed by atoms with Crippen LogP contribution < -0.4 is 0 Å². The summed E-state index contributed by atoms with van der Waals surface area (Å²) < 4.78 is 5.37. The van der Waals surface area contributed by atoms with Crippen LogP contribution in [0.15, 0.2) is 60.8 Å². The van der Waals surface area contributed by atoms with Gasteiger partial charge < -0.3 is 4.74 Å². The van der Waals surface area contributed by atoms with Crippen molar-refractivity contribution in [2.75, 3.05) is 6.61 Å². The number of ether oxygens (including phenoxy) is 1. The first kappa shape index (κ1) is 33.2. The van der Waals surface area contributed by atoms with Crippen LogP contribution >= 0.6 is 0 Å². The summed E-state index contributed by atoms with van der Waals surface area (Å²) in [5.74, 6) is -0.0144. The van der Waals surface area contributed by atoms with E-state index >= 15 is 0 Å². The van der Waals surface area contributed by atoms with Gasteiger partial charge in [0.25, 0.3) is 0 Å². The van der Waals surface area contributed by atoms with E-state index in [4.69, 9.17) is 4.74 Å². The Morgan fingerprint density at radius 2 is 0.971 bits per heavy atom. The van der Waals surface area contributed by atoms with E-state index < -0.39 is 0 Å². The number of hydrogen-bond donors (Lipinski definition) is 0. The Hall–Kier alpha value is -1.83. The number of unbranched alkanes of at least 4 members (excludes halogenated alkanes) is 11. The first-order chi connectivity index (χ1) is 17.3. The summed E-state index contributed by atoms with van der Waals surface area (Å²) >= 11 is 0. The summed E-state index contributed by atoms with van der Waals surface area (Å²) in [7, 11) is 0. The van der Waals surface area contributed by atoms with Gasteiger partial charge in [0.1, 0.15) is 0 Å². The highest BCUT2D eigenvalue weighted by Crippen LogP contribution is 2.10. The Kier molecular flexibility index (Phi) is 28.6. The highest BCUT2D eigenvalue weighted by Gasteiger charge is 2.02. The minimum absolute atomic E-state index is 0.0144. The van der Waals surface area contributed by atoms with Crippen LogP contribution in [0.4, 0.5) is 0 Å². The minimum Gasteiger partial charge on any atom is -0.466 e. The molecule has 0 N–H and O–H groups in total. The van der Waals surface area contributed by atoms with Crippen LogP contribution in [0.1, 0.15) is 136 Å². The monoisotopic (exact) mass is 484 g/mol. The topological polar surface area (TPSA) is 26.3 Å². The van der Waals surface area contributed by atoms with Gasteiger partial charge >= 0.3 is 5.97 Å². The predicted molar refractivity (Wildman–Crippen MR) is 156 cm³/mol. The lowest BCUT2D eigenvalue weighted by molar-refractivity contribution is -0.143. The van der Waals surface area contributed by atoms with E-state index in [0.717, 1.165) is 64.2 Å². The molecule has 0 bridgehead atoms.